The van der Waals surface area contributed by atoms with Crippen molar-refractivity contribution in [3.8, 4) is 12.1 Å². The van der Waals surface area contributed by atoms with Gasteiger partial charge in [0.15, 0.2) is 0 Å². The normalized spacial score (nSPS) is 31.4. The molecule has 9 nitrogen and oxygen atoms in total. The molecule has 0 amide bonds. The number of halogens is 1. The van der Waals surface area contributed by atoms with Crippen LogP contribution in [0.1, 0.15) is 60.9 Å². The number of anilines is 2. The summed E-state index contributed by atoms with van der Waals surface area (Å²) >= 11 is 0. The number of benzene rings is 1. The Kier molecular flexibility index (Phi) is 6.56. The molecular weight excluding hydrogens is 511 g/mol. The van der Waals surface area contributed by atoms with Gasteiger partial charge < -0.3 is 24.8 Å². The van der Waals surface area contributed by atoms with Crippen LogP contribution < -0.4 is 15.4 Å². The van der Waals surface area contributed by atoms with E-state index < -0.39 is 11.8 Å². The Morgan fingerprint density at radius 1 is 1.20 bits per heavy atom. The lowest BCUT2D eigenvalue weighted by Crippen LogP contribution is -2.45. The van der Waals surface area contributed by atoms with Crippen LogP contribution in [0.2, 0.25) is 0 Å². The fraction of sp³-hybridized carbons (Fsp3) is 0.633. The van der Waals surface area contributed by atoms with Gasteiger partial charge in [0.05, 0.1) is 48.6 Å². The molecule has 0 radical (unpaired) electrons. The largest absolute Gasteiger partial charge is 0.461 e. The van der Waals surface area contributed by atoms with Crippen molar-refractivity contribution in [1.29, 1.82) is 5.26 Å². The molecule has 3 saturated heterocycles. The highest BCUT2D eigenvalue weighted by atomic mass is 19.1. The number of fused-ring (bicyclic) bond motifs is 4. The van der Waals surface area contributed by atoms with Gasteiger partial charge in [0, 0.05) is 43.7 Å². The Morgan fingerprint density at radius 3 is 3.02 bits per heavy atom. The van der Waals surface area contributed by atoms with E-state index in [1.807, 2.05) is 6.07 Å². The third-order valence-corrected chi connectivity index (χ3v) is 9.64. The summed E-state index contributed by atoms with van der Waals surface area (Å²) in [5, 5.41) is 9.26. The Hall–Kier alpha value is -3.00. The summed E-state index contributed by atoms with van der Waals surface area (Å²) in [4.78, 5) is 14.4. The number of aryl methyl sites for hydroxylation is 1. The van der Waals surface area contributed by atoms with Crippen LogP contribution >= 0.6 is 0 Å². The molecular formula is C30H37FN6O3. The van der Waals surface area contributed by atoms with Gasteiger partial charge in [0.1, 0.15) is 18.6 Å². The zero-order valence-corrected chi connectivity index (χ0v) is 22.9. The molecule has 1 aromatic heterocycles. The van der Waals surface area contributed by atoms with Gasteiger partial charge in [-0.1, -0.05) is 6.07 Å². The van der Waals surface area contributed by atoms with Crippen molar-refractivity contribution in [2.75, 3.05) is 50.0 Å². The number of morpholine rings is 1. The third-order valence-electron chi connectivity index (χ3n) is 9.64. The number of aromatic nitrogens is 2. The first-order valence-corrected chi connectivity index (χ1v) is 14.7. The molecule has 10 heteroatoms. The van der Waals surface area contributed by atoms with Crippen molar-refractivity contribution in [2.24, 2.45) is 0 Å². The molecule has 2 N–H and O–H groups in total. The first-order chi connectivity index (χ1) is 19.5. The molecule has 5 aliphatic rings. The molecule has 212 valence electrons. The topological polar surface area (TPSA) is 110 Å². The fourth-order valence-corrected chi connectivity index (χ4v) is 7.70. The lowest BCUT2D eigenvalue weighted by atomic mass is 9.74. The van der Waals surface area contributed by atoms with Gasteiger partial charge in [-0.3, -0.25) is 4.90 Å². The van der Waals surface area contributed by atoms with Gasteiger partial charge >= 0.3 is 6.01 Å². The van der Waals surface area contributed by atoms with Crippen LogP contribution in [0.4, 0.5) is 15.9 Å². The maximum absolute atomic E-state index is 14.4. The summed E-state index contributed by atoms with van der Waals surface area (Å²) in [6.45, 7) is 3.92. The molecule has 3 fully saturated rings. The van der Waals surface area contributed by atoms with E-state index in [-0.39, 0.29) is 11.6 Å². The highest BCUT2D eigenvalue weighted by Gasteiger charge is 2.50. The first-order valence-electron chi connectivity index (χ1n) is 14.7. The summed E-state index contributed by atoms with van der Waals surface area (Å²) in [5.74, 6) is 0.792. The van der Waals surface area contributed by atoms with E-state index in [1.165, 1.54) is 5.56 Å². The number of nitrogens with two attached hydrogens (primary N) is 1. The molecule has 1 spiro atoms. The molecule has 1 aromatic carbocycles. The first kappa shape index (κ1) is 25.9. The number of nitrogen functional groups attached to an aromatic ring is 1. The number of nitrogens with zero attached hydrogens (tertiary/aromatic N) is 5. The highest BCUT2D eigenvalue weighted by Crippen LogP contribution is 2.47. The third kappa shape index (κ3) is 4.48. The highest BCUT2D eigenvalue weighted by molar-refractivity contribution is 5.54. The van der Waals surface area contributed by atoms with E-state index >= 15 is 0 Å². The van der Waals surface area contributed by atoms with Crippen LogP contribution in [0.3, 0.4) is 0 Å². The molecule has 4 aliphatic heterocycles. The van der Waals surface area contributed by atoms with Crippen LogP contribution in [-0.4, -0.2) is 72.1 Å². The Morgan fingerprint density at radius 2 is 2.12 bits per heavy atom. The number of alkyl halides is 1. The second-order valence-corrected chi connectivity index (χ2v) is 12.1. The van der Waals surface area contributed by atoms with E-state index in [9.17, 15) is 9.65 Å². The summed E-state index contributed by atoms with van der Waals surface area (Å²) in [5.41, 5.74) is 10.5. The van der Waals surface area contributed by atoms with Gasteiger partial charge in [0.2, 0.25) is 0 Å². The molecule has 5 heterocycles. The van der Waals surface area contributed by atoms with Crippen LogP contribution in [0.15, 0.2) is 18.2 Å². The average molecular weight is 549 g/mol. The van der Waals surface area contributed by atoms with Crippen molar-refractivity contribution in [3.63, 3.8) is 0 Å². The van der Waals surface area contributed by atoms with Gasteiger partial charge in [-0.15, -0.1) is 0 Å². The van der Waals surface area contributed by atoms with E-state index in [1.54, 1.807) is 0 Å². The molecule has 2 aromatic rings. The molecule has 0 saturated carbocycles. The second-order valence-electron chi connectivity index (χ2n) is 12.1. The van der Waals surface area contributed by atoms with E-state index in [0.29, 0.717) is 64.7 Å². The number of rotatable bonds is 5. The van der Waals surface area contributed by atoms with Crippen molar-refractivity contribution in [2.45, 2.75) is 81.4 Å². The summed E-state index contributed by atoms with van der Waals surface area (Å²) in [6.07, 6.45) is 5.38. The minimum Gasteiger partial charge on any atom is -0.461 e. The Bertz CT molecular complexity index is 1340. The summed E-state index contributed by atoms with van der Waals surface area (Å²) in [7, 11) is 0. The van der Waals surface area contributed by atoms with Gasteiger partial charge in [-0.05, 0) is 61.9 Å². The quantitative estimate of drug-likeness (QED) is 0.562. The number of hydrogen-bond donors (Lipinski definition) is 1. The zero-order chi connectivity index (χ0) is 27.3. The van der Waals surface area contributed by atoms with Gasteiger partial charge in [-0.2, -0.15) is 15.2 Å². The zero-order valence-electron chi connectivity index (χ0n) is 22.9. The van der Waals surface area contributed by atoms with Crippen molar-refractivity contribution >= 4 is 11.5 Å². The molecule has 0 unspecified atom stereocenters. The van der Waals surface area contributed by atoms with Crippen LogP contribution in [-0.2, 0) is 34.5 Å². The molecule has 4 atom stereocenters. The maximum atomic E-state index is 14.4. The van der Waals surface area contributed by atoms with E-state index in [2.05, 4.69) is 28.0 Å². The number of hydrogen-bond acceptors (Lipinski definition) is 9. The SMILES string of the molecule is N#CC[C@H]1CN(c2nc(OC[C@@]34CCCN3C[C@H](F)C4)nc3c2CO[C@@]2(CCCc4ccc(N)cc42)C3)CCO1. The molecule has 40 heavy (non-hydrogen) atoms. The summed E-state index contributed by atoms with van der Waals surface area (Å²) < 4.78 is 33.4. The average Bonchev–Trinajstić information content (AvgIpc) is 3.48. The van der Waals surface area contributed by atoms with E-state index in [0.717, 1.165) is 67.0 Å². The Balaban J connectivity index is 1.24. The standard InChI is InChI=1S/C30H37FN6O3/c31-21-14-29(7-2-10-37(29)16-21)19-39-28-34-26-15-30(8-1-3-20-4-5-22(33)13-25(20)30)40-18-24(26)27(35-28)36-11-12-38-23(17-36)6-9-32/h4-5,13,21,23H,1-3,6-8,10-12,14-19,33H2/t21-,23+,29+,30+/m1/s1. The van der Waals surface area contributed by atoms with Crippen molar-refractivity contribution in [1.82, 2.24) is 14.9 Å². The molecule has 1 aliphatic carbocycles. The smallest absolute Gasteiger partial charge is 0.318 e. The minimum atomic E-state index is -0.815. The predicted molar refractivity (Wildman–Crippen MR) is 147 cm³/mol. The van der Waals surface area contributed by atoms with E-state index in [4.69, 9.17) is 29.9 Å². The maximum Gasteiger partial charge on any atom is 0.318 e. The summed E-state index contributed by atoms with van der Waals surface area (Å²) in [6, 6.07) is 8.72. The predicted octanol–water partition coefficient (Wildman–Crippen LogP) is 3.44. The number of ether oxygens (including phenoxy) is 3. The van der Waals surface area contributed by atoms with Crippen molar-refractivity contribution < 1.29 is 18.6 Å². The minimum absolute atomic E-state index is 0.177. The lowest BCUT2D eigenvalue weighted by molar-refractivity contribution is -0.0856. The second kappa shape index (κ2) is 10.1. The van der Waals surface area contributed by atoms with Crippen LogP contribution in [0, 0.1) is 11.3 Å². The number of nitriles is 1. The monoisotopic (exact) mass is 548 g/mol. The van der Waals surface area contributed by atoms with Crippen LogP contribution in [0.5, 0.6) is 6.01 Å². The van der Waals surface area contributed by atoms with Gasteiger partial charge in [0.25, 0.3) is 0 Å². The van der Waals surface area contributed by atoms with Crippen LogP contribution in [0.25, 0.3) is 0 Å². The fourth-order valence-electron chi connectivity index (χ4n) is 7.70. The Labute approximate surface area is 234 Å². The van der Waals surface area contributed by atoms with Gasteiger partial charge in [-0.25, -0.2) is 4.39 Å². The van der Waals surface area contributed by atoms with Crippen molar-refractivity contribution in [3.05, 3.63) is 40.6 Å². The molecule has 7 rings (SSSR count). The lowest BCUT2D eigenvalue weighted by Gasteiger charge is -2.43. The molecule has 0 bridgehead atoms.